The Morgan fingerprint density at radius 3 is 2.80 bits per heavy atom. The summed E-state index contributed by atoms with van der Waals surface area (Å²) in [5.41, 5.74) is 4.33. The molecule has 2 N–H and O–H groups in total. The lowest BCUT2D eigenvalue weighted by molar-refractivity contribution is 0.415. The minimum atomic E-state index is 0.602. The van der Waals surface area contributed by atoms with Crippen molar-refractivity contribution >= 4 is 35.0 Å². The Bertz CT molecular complexity index is 781. The zero-order valence-corrected chi connectivity index (χ0v) is 15.6. The zero-order valence-electron chi connectivity index (χ0n) is 14.8. The predicted octanol–water partition coefficient (Wildman–Crippen LogP) is 5.27. The Morgan fingerprint density at radius 2 is 2.12 bits per heavy atom. The van der Waals surface area contributed by atoms with E-state index in [1.54, 1.807) is 19.1 Å². The van der Waals surface area contributed by atoms with Gasteiger partial charge in [-0.2, -0.15) is 5.26 Å². The molecule has 25 heavy (non-hydrogen) atoms. The van der Waals surface area contributed by atoms with Crippen LogP contribution in [0.5, 0.6) is 5.75 Å². The molecular formula is C20H23N3OS. The highest BCUT2D eigenvalue weighted by molar-refractivity contribution is 8.00. The Labute approximate surface area is 154 Å². The fraction of sp³-hybridized carbons (Fsp3) is 0.250. The van der Waals surface area contributed by atoms with Crippen LogP contribution in [-0.4, -0.2) is 19.9 Å². The fourth-order valence-corrected chi connectivity index (χ4v) is 2.96. The van der Waals surface area contributed by atoms with Crippen LogP contribution in [-0.2, 0) is 0 Å². The minimum Gasteiger partial charge on any atom is -0.497 e. The molecule has 0 amide bonds. The van der Waals surface area contributed by atoms with Crippen LogP contribution in [0.15, 0.2) is 42.5 Å². The number of hydrogen-bond acceptors (Lipinski definition) is 5. The van der Waals surface area contributed by atoms with E-state index in [2.05, 4.69) is 23.0 Å². The van der Waals surface area contributed by atoms with Crippen molar-refractivity contribution in [2.75, 3.05) is 29.9 Å². The molecule has 0 saturated heterocycles. The predicted molar refractivity (Wildman–Crippen MR) is 109 cm³/mol. The first-order chi connectivity index (χ1) is 12.2. The number of anilines is 2. The summed E-state index contributed by atoms with van der Waals surface area (Å²) < 4.78 is 8.58. The molecule has 2 aromatic rings. The molecule has 2 aromatic carbocycles. The van der Waals surface area contributed by atoms with Crippen molar-refractivity contribution in [3.8, 4) is 11.8 Å². The average Bonchev–Trinajstić information content (AvgIpc) is 2.66. The molecule has 0 aliphatic rings. The van der Waals surface area contributed by atoms with Crippen LogP contribution in [0, 0.1) is 11.3 Å². The van der Waals surface area contributed by atoms with Crippen LogP contribution in [0.25, 0.3) is 11.6 Å². The van der Waals surface area contributed by atoms with Crippen LogP contribution < -0.4 is 14.8 Å². The van der Waals surface area contributed by atoms with Gasteiger partial charge in [-0.15, -0.1) is 0 Å². The van der Waals surface area contributed by atoms with Crippen molar-refractivity contribution in [1.29, 1.82) is 5.26 Å². The van der Waals surface area contributed by atoms with Gasteiger partial charge in [0, 0.05) is 35.8 Å². The van der Waals surface area contributed by atoms with E-state index in [1.807, 2.05) is 55.6 Å². The first-order valence-corrected chi connectivity index (χ1v) is 9.16. The summed E-state index contributed by atoms with van der Waals surface area (Å²) in [4.78, 5) is 0. The maximum atomic E-state index is 9.63. The summed E-state index contributed by atoms with van der Waals surface area (Å²) in [5.74, 6) is 1.81. The molecule has 0 radical (unpaired) electrons. The normalized spacial score (nSPS) is 10.9. The van der Waals surface area contributed by atoms with E-state index in [0.29, 0.717) is 5.57 Å². The average molecular weight is 353 g/mol. The number of nitrogens with one attached hydrogen (secondary N) is 2. The van der Waals surface area contributed by atoms with Crippen LogP contribution in [0.2, 0.25) is 0 Å². The Morgan fingerprint density at radius 1 is 1.28 bits per heavy atom. The first-order valence-electron chi connectivity index (χ1n) is 8.17. The molecule has 0 aliphatic carbocycles. The SMILES string of the molecule is CCCSNc1cccc(/C=C(\C#N)c2ccc(OC)cc2NC)c1. The maximum absolute atomic E-state index is 9.63. The molecule has 2 rings (SSSR count). The molecular weight excluding hydrogens is 330 g/mol. The zero-order chi connectivity index (χ0) is 18.1. The summed E-state index contributed by atoms with van der Waals surface area (Å²) >= 11 is 1.69. The maximum Gasteiger partial charge on any atom is 0.120 e. The van der Waals surface area contributed by atoms with Gasteiger partial charge in [-0.1, -0.05) is 31.0 Å². The second-order valence-corrected chi connectivity index (χ2v) is 6.31. The van der Waals surface area contributed by atoms with E-state index in [9.17, 15) is 5.26 Å². The van der Waals surface area contributed by atoms with Gasteiger partial charge in [0.25, 0.3) is 0 Å². The third-order valence-electron chi connectivity index (χ3n) is 3.60. The van der Waals surface area contributed by atoms with Gasteiger partial charge in [-0.3, -0.25) is 0 Å². The van der Waals surface area contributed by atoms with Gasteiger partial charge in [0.05, 0.1) is 18.8 Å². The van der Waals surface area contributed by atoms with Crippen molar-refractivity contribution in [1.82, 2.24) is 0 Å². The molecule has 0 bridgehead atoms. The number of allylic oxidation sites excluding steroid dienone is 1. The van der Waals surface area contributed by atoms with Crippen molar-refractivity contribution < 1.29 is 4.74 Å². The Balaban J connectivity index is 2.32. The van der Waals surface area contributed by atoms with Crippen molar-refractivity contribution in [2.24, 2.45) is 0 Å². The molecule has 0 fully saturated rings. The van der Waals surface area contributed by atoms with Gasteiger partial charge >= 0.3 is 0 Å². The number of ether oxygens (including phenoxy) is 1. The van der Waals surface area contributed by atoms with Crippen LogP contribution in [0.4, 0.5) is 11.4 Å². The summed E-state index contributed by atoms with van der Waals surface area (Å²) in [6.45, 7) is 2.15. The van der Waals surface area contributed by atoms with Gasteiger partial charge in [0.15, 0.2) is 0 Å². The third kappa shape index (κ3) is 5.20. The molecule has 0 heterocycles. The molecule has 0 spiro atoms. The number of rotatable bonds is 8. The fourth-order valence-electron chi connectivity index (χ4n) is 2.36. The minimum absolute atomic E-state index is 0.602. The van der Waals surface area contributed by atoms with Crippen LogP contribution >= 0.6 is 11.9 Å². The third-order valence-corrected chi connectivity index (χ3v) is 4.59. The van der Waals surface area contributed by atoms with E-state index in [4.69, 9.17) is 4.74 Å². The van der Waals surface area contributed by atoms with E-state index < -0.39 is 0 Å². The van der Waals surface area contributed by atoms with Crippen molar-refractivity contribution in [3.05, 3.63) is 53.6 Å². The largest absolute Gasteiger partial charge is 0.497 e. The number of nitriles is 1. The number of methoxy groups -OCH3 is 1. The molecule has 0 aromatic heterocycles. The van der Waals surface area contributed by atoms with Crippen LogP contribution in [0.1, 0.15) is 24.5 Å². The molecule has 5 heteroatoms. The molecule has 0 saturated carbocycles. The van der Waals surface area contributed by atoms with E-state index >= 15 is 0 Å². The number of hydrogen-bond donors (Lipinski definition) is 2. The topological polar surface area (TPSA) is 57.1 Å². The second kappa shape index (κ2) is 9.65. The quantitative estimate of drug-likeness (QED) is 0.293. The number of nitrogens with zero attached hydrogens (tertiary/aromatic N) is 1. The van der Waals surface area contributed by atoms with E-state index in [0.717, 1.165) is 40.4 Å². The van der Waals surface area contributed by atoms with Gasteiger partial charge in [0.1, 0.15) is 5.75 Å². The van der Waals surface area contributed by atoms with Crippen molar-refractivity contribution in [2.45, 2.75) is 13.3 Å². The van der Waals surface area contributed by atoms with Crippen molar-refractivity contribution in [3.63, 3.8) is 0 Å². The molecule has 0 unspecified atom stereocenters. The molecule has 0 atom stereocenters. The second-order valence-electron chi connectivity index (χ2n) is 5.41. The Hall–Kier alpha value is -2.58. The van der Waals surface area contributed by atoms with E-state index in [1.165, 1.54) is 0 Å². The lowest BCUT2D eigenvalue weighted by atomic mass is 10.0. The summed E-state index contributed by atoms with van der Waals surface area (Å²) in [6.07, 6.45) is 3.03. The van der Waals surface area contributed by atoms with Gasteiger partial charge in [-0.25, -0.2) is 0 Å². The lowest BCUT2D eigenvalue weighted by Gasteiger charge is -2.11. The summed E-state index contributed by atoms with van der Waals surface area (Å²) in [7, 11) is 3.47. The lowest BCUT2D eigenvalue weighted by Crippen LogP contribution is -1.96. The standard InChI is InChI=1S/C20H23N3OS/c1-4-10-25-23-17-7-5-6-15(12-17)11-16(14-21)19-9-8-18(24-3)13-20(19)22-2/h5-9,11-13,22-23H,4,10H2,1-3H3/b16-11+. The highest BCUT2D eigenvalue weighted by Gasteiger charge is 2.08. The van der Waals surface area contributed by atoms with Crippen LogP contribution in [0.3, 0.4) is 0 Å². The van der Waals surface area contributed by atoms with Gasteiger partial charge in [0.2, 0.25) is 0 Å². The monoisotopic (exact) mass is 353 g/mol. The first kappa shape index (κ1) is 18.8. The van der Waals surface area contributed by atoms with Gasteiger partial charge < -0.3 is 14.8 Å². The summed E-state index contributed by atoms with van der Waals surface area (Å²) in [6, 6.07) is 16.0. The molecule has 130 valence electrons. The van der Waals surface area contributed by atoms with E-state index in [-0.39, 0.29) is 0 Å². The van der Waals surface area contributed by atoms with Gasteiger partial charge in [-0.05, 0) is 42.3 Å². The highest BCUT2D eigenvalue weighted by Crippen LogP contribution is 2.29. The highest BCUT2D eigenvalue weighted by atomic mass is 32.2. The summed E-state index contributed by atoms with van der Waals surface area (Å²) in [5, 5.41) is 12.8. The molecule has 4 nitrogen and oxygen atoms in total. The Kier molecular flexibility index (Phi) is 7.24. The molecule has 0 aliphatic heterocycles. The smallest absolute Gasteiger partial charge is 0.120 e. The number of benzene rings is 2.